The van der Waals surface area contributed by atoms with E-state index < -0.39 is 5.97 Å². The summed E-state index contributed by atoms with van der Waals surface area (Å²) in [5.41, 5.74) is 1.26. The van der Waals surface area contributed by atoms with Gasteiger partial charge in [0.15, 0.2) is 0 Å². The first kappa shape index (κ1) is 28.2. The van der Waals surface area contributed by atoms with Crippen molar-refractivity contribution in [2.45, 2.75) is 98.1 Å². The topological polar surface area (TPSA) is 79.7 Å². The number of thiophene rings is 1. The van der Waals surface area contributed by atoms with Gasteiger partial charge in [-0.15, -0.1) is 11.3 Å². The first-order valence-corrected chi connectivity index (χ1v) is 14.6. The summed E-state index contributed by atoms with van der Waals surface area (Å²) in [6, 6.07) is 5.65. The van der Waals surface area contributed by atoms with E-state index in [1.165, 1.54) is 11.3 Å². The fraction of sp³-hybridized carbons (Fsp3) is 0.581. The number of aromatic carboxylic acids is 1. The van der Waals surface area contributed by atoms with Crippen LogP contribution in [0.2, 0.25) is 0 Å². The number of carbonyl (C=O) groups excluding carboxylic acids is 1. The highest BCUT2D eigenvalue weighted by molar-refractivity contribution is 7.15. The van der Waals surface area contributed by atoms with Gasteiger partial charge in [-0.2, -0.15) is 0 Å². The number of hydrogen-bond acceptors (Lipinski definition) is 5. The summed E-state index contributed by atoms with van der Waals surface area (Å²) in [4.78, 5) is 33.5. The molecule has 4 rings (SSSR count). The van der Waals surface area contributed by atoms with Crippen LogP contribution in [-0.4, -0.2) is 34.1 Å². The van der Waals surface area contributed by atoms with Gasteiger partial charge >= 0.3 is 5.97 Å². The highest BCUT2D eigenvalue weighted by Crippen LogP contribution is 2.39. The second kappa shape index (κ2) is 11.9. The molecule has 2 aliphatic carbocycles. The number of pyridine rings is 1. The quantitative estimate of drug-likeness (QED) is 0.399. The summed E-state index contributed by atoms with van der Waals surface area (Å²) in [7, 11) is 0. The lowest BCUT2D eigenvalue weighted by atomic mass is 9.81. The number of anilines is 1. The molecule has 1 N–H and O–H groups in total. The van der Waals surface area contributed by atoms with E-state index in [0.29, 0.717) is 16.5 Å². The molecule has 0 atom stereocenters. The summed E-state index contributed by atoms with van der Waals surface area (Å²) < 4.78 is 6.19. The van der Waals surface area contributed by atoms with E-state index in [1.54, 1.807) is 6.20 Å². The number of nitrogens with zero attached hydrogens (tertiary/aromatic N) is 2. The van der Waals surface area contributed by atoms with Crippen molar-refractivity contribution in [3.63, 3.8) is 0 Å². The minimum Gasteiger partial charge on any atom is -0.489 e. The number of aryl methyl sites for hydroxylation is 1. The number of carbonyl (C=O) groups is 2. The Balaban J connectivity index is 1.60. The van der Waals surface area contributed by atoms with E-state index in [9.17, 15) is 14.7 Å². The number of hydrogen-bond donors (Lipinski definition) is 1. The molecule has 0 unspecified atom stereocenters. The zero-order valence-electron chi connectivity index (χ0n) is 23.3. The number of aromatic nitrogens is 1. The number of ether oxygens (including phenoxy) is 1. The lowest BCUT2D eigenvalue weighted by Crippen LogP contribution is -2.47. The summed E-state index contributed by atoms with van der Waals surface area (Å²) in [6.45, 7) is 10.3. The highest BCUT2D eigenvalue weighted by atomic mass is 32.1. The zero-order valence-corrected chi connectivity index (χ0v) is 24.1. The Labute approximate surface area is 230 Å². The molecule has 0 aliphatic heterocycles. The number of amides is 1. The monoisotopic (exact) mass is 536 g/mol. The van der Waals surface area contributed by atoms with Gasteiger partial charge in [0.05, 0.1) is 22.9 Å². The molecule has 0 bridgehead atoms. The average Bonchev–Trinajstić information content (AvgIpc) is 3.30. The summed E-state index contributed by atoms with van der Waals surface area (Å²) in [5, 5.41) is 10.1. The van der Waals surface area contributed by atoms with Gasteiger partial charge < -0.3 is 14.7 Å². The molecular weight excluding hydrogens is 496 g/mol. The Hall–Kier alpha value is -2.85. The van der Waals surface area contributed by atoms with Gasteiger partial charge in [0.2, 0.25) is 5.91 Å². The Morgan fingerprint density at radius 2 is 1.76 bits per heavy atom. The first-order chi connectivity index (χ1) is 18.0. The third kappa shape index (κ3) is 7.17. The fourth-order valence-electron chi connectivity index (χ4n) is 5.36. The third-order valence-corrected chi connectivity index (χ3v) is 8.55. The van der Waals surface area contributed by atoms with Crippen molar-refractivity contribution < 1.29 is 19.4 Å². The van der Waals surface area contributed by atoms with Crippen LogP contribution in [0.3, 0.4) is 0 Å². The highest BCUT2D eigenvalue weighted by Gasteiger charge is 2.37. The molecule has 0 aromatic carbocycles. The molecule has 0 spiro atoms. The molecule has 6 nitrogen and oxygen atoms in total. The van der Waals surface area contributed by atoms with Crippen LogP contribution in [-0.2, 0) is 4.79 Å². The maximum absolute atomic E-state index is 14.1. The van der Waals surface area contributed by atoms with Gasteiger partial charge in [0, 0.05) is 23.1 Å². The Bertz CT molecular complexity index is 1190. The van der Waals surface area contributed by atoms with E-state index in [-0.39, 0.29) is 34.3 Å². The largest absolute Gasteiger partial charge is 0.489 e. The van der Waals surface area contributed by atoms with Gasteiger partial charge in [-0.05, 0) is 103 Å². The van der Waals surface area contributed by atoms with E-state index >= 15 is 0 Å². The molecule has 1 amide bonds. The van der Waals surface area contributed by atoms with Crippen molar-refractivity contribution in [2.75, 3.05) is 4.90 Å². The molecule has 2 aromatic heterocycles. The van der Waals surface area contributed by atoms with Crippen LogP contribution in [0.4, 0.5) is 5.69 Å². The van der Waals surface area contributed by atoms with Crippen LogP contribution >= 0.6 is 11.3 Å². The molecule has 2 aliphatic rings. The van der Waals surface area contributed by atoms with Crippen molar-refractivity contribution in [3.8, 4) is 17.6 Å². The van der Waals surface area contributed by atoms with Crippen LogP contribution in [0.5, 0.6) is 5.75 Å². The van der Waals surface area contributed by atoms with Crippen LogP contribution < -0.4 is 9.64 Å². The predicted octanol–water partition coefficient (Wildman–Crippen LogP) is 7.10. The molecular formula is C31H40N2O4S. The summed E-state index contributed by atoms with van der Waals surface area (Å²) >= 11 is 1.17. The van der Waals surface area contributed by atoms with Gasteiger partial charge in [0.1, 0.15) is 10.6 Å². The molecule has 38 heavy (non-hydrogen) atoms. The Kier molecular flexibility index (Phi) is 8.82. The van der Waals surface area contributed by atoms with E-state index in [1.807, 2.05) is 50.8 Å². The maximum Gasteiger partial charge on any atom is 0.348 e. The molecule has 7 heteroatoms. The predicted molar refractivity (Wildman–Crippen MR) is 152 cm³/mol. The molecule has 0 radical (unpaired) electrons. The molecule has 204 valence electrons. The van der Waals surface area contributed by atoms with Crippen molar-refractivity contribution in [1.29, 1.82) is 0 Å². The van der Waals surface area contributed by atoms with Gasteiger partial charge in [0.25, 0.3) is 0 Å². The summed E-state index contributed by atoms with van der Waals surface area (Å²) in [5.74, 6) is 6.76. The van der Waals surface area contributed by atoms with Crippen molar-refractivity contribution >= 4 is 28.9 Å². The maximum atomic E-state index is 14.1. The fourth-order valence-corrected chi connectivity index (χ4v) is 6.20. The molecule has 2 saturated carbocycles. The van der Waals surface area contributed by atoms with Crippen LogP contribution in [0, 0.1) is 36.0 Å². The SMILES string of the molecule is Cc1ccc(O[C@H]2CC[C@H](N(c3cc(C#CC(C)(C)C)sc3C(=O)O)C(=O)[C@H]3CC[C@H](C)CC3)CC2)cn1. The van der Waals surface area contributed by atoms with Gasteiger partial charge in [-0.3, -0.25) is 9.78 Å². The van der Waals surface area contributed by atoms with Crippen molar-refractivity contribution in [3.05, 3.63) is 39.8 Å². The zero-order chi connectivity index (χ0) is 27.4. The van der Waals surface area contributed by atoms with Gasteiger partial charge in [-0.25, -0.2) is 4.79 Å². The second-order valence-corrected chi connectivity index (χ2v) is 13.0. The molecule has 2 fully saturated rings. The number of carboxylic acids is 1. The second-order valence-electron chi connectivity index (χ2n) is 12.0. The Morgan fingerprint density at radius 1 is 1.08 bits per heavy atom. The average molecular weight is 537 g/mol. The molecule has 2 heterocycles. The summed E-state index contributed by atoms with van der Waals surface area (Å²) in [6.07, 6.45) is 8.72. The lowest BCUT2D eigenvalue weighted by molar-refractivity contribution is -0.124. The van der Waals surface area contributed by atoms with E-state index in [0.717, 1.165) is 62.8 Å². The van der Waals surface area contributed by atoms with Crippen LogP contribution in [0.25, 0.3) is 0 Å². The third-order valence-electron chi connectivity index (χ3n) is 7.53. The minimum atomic E-state index is -1.01. The first-order valence-electron chi connectivity index (χ1n) is 13.8. The normalized spacial score (nSPS) is 23.7. The van der Waals surface area contributed by atoms with Crippen molar-refractivity contribution in [2.24, 2.45) is 17.3 Å². The molecule has 2 aromatic rings. The van der Waals surface area contributed by atoms with E-state index in [2.05, 4.69) is 23.7 Å². The smallest absolute Gasteiger partial charge is 0.348 e. The molecule has 0 saturated heterocycles. The van der Waals surface area contributed by atoms with Gasteiger partial charge in [-0.1, -0.05) is 18.8 Å². The standard InChI is InChI=1S/C31H40N2O4S/c1-20-6-9-22(10-7-20)29(34)33(27-18-26(16-17-31(3,4)5)38-28(27)30(35)36)23-11-14-24(15-12-23)37-25-13-8-21(2)32-19-25/h8,13,18-20,22-24H,6-7,9-12,14-15H2,1-5H3,(H,35,36)/t20-,22-,23-,24-. The van der Waals surface area contributed by atoms with E-state index in [4.69, 9.17) is 4.74 Å². The Morgan fingerprint density at radius 3 is 2.34 bits per heavy atom. The van der Waals surface area contributed by atoms with Crippen LogP contribution in [0.15, 0.2) is 24.4 Å². The number of rotatable bonds is 6. The van der Waals surface area contributed by atoms with Crippen LogP contribution in [0.1, 0.15) is 99.3 Å². The minimum absolute atomic E-state index is 0.0536. The number of carboxylic acid groups (broad SMARTS) is 1. The van der Waals surface area contributed by atoms with Crippen molar-refractivity contribution in [1.82, 2.24) is 4.98 Å². The lowest BCUT2D eigenvalue weighted by Gasteiger charge is -2.39.